The Morgan fingerprint density at radius 3 is 2.45 bits per heavy atom. The van der Waals surface area contributed by atoms with Crippen molar-refractivity contribution < 1.29 is 4.79 Å². The van der Waals surface area contributed by atoms with Crippen LogP contribution in [0.1, 0.15) is 45.7 Å². The number of carbonyl (C=O) groups is 1. The van der Waals surface area contributed by atoms with E-state index < -0.39 is 0 Å². The zero-order valence-electron chi connectivity index (χ0n) is 19.1. The molecule has 2 unspecified atom stereocenters. The van der Waals surface area contributed by atoms with Crippen LogP contribution in [0.15, 0.2) is 69.8 Å². The number of rotatable bonds is 6. The van der Waals surface area contributed by atoms with Gasteiger partial charge in [-0.3, -0.25) is 4.79 Å². The fourth-order valence-electron chi connectivity index (χ4n) is 3.15. The lowest BCUT2D eigenvalue weighted by Crippen LogP contribution is -2.40. The lowest BCUT2D eigenvalue weighted by molar-refractivity contribution is -0.124. The standard InChI is InChI=1S/C25H33ClN4O/c1-7-12-30(15-19-8-10-20(11-9-19)25(4,5)6)24(31)23(27)29-16-28-21-13-17(2)18(3)22(26)14-21/h7-11,13-14,16-18H,1,12,15H2,2-6H3,(H2,27,28,29). The van der Waals surface area contributed by atoms with E-state index in [4.69, 9.17) is 17.3 Å². The SMILES string of the molecule is C=CCN(Cc1ccc(C(C)(C)C)cc1)C(=O)C(N)=NC=NC1=CC(C)C(C)C(Cl)=C1. The number of aliphatic imine (C=N–C) groups is 2. The Morgan fingerprint density at radius 1 is 1.26 bits per heavy atom. The summed E-state index contributed by atoms with van der Waals surface area (Å²) >= 11 is 6.25. The molecule has 1 aliphatic carbocycles. The van der Waals surface area contributed by atoms with Crippen molar-refractivity contribution in [3.05, 3.63) is 70.9 Å². The number of amides is 1. The van der Waals surface area contributed by atoms with E-state index in [-0.39, 0.29) is 29.0 Å². The van der Waals surface area contributed by atoms with Gasteiger partial charge in [0.05, 0.1) is 5.70 Å². The first-order chi connectivity index (χ1) is 14.5. The Morgan fingerprint density at radius 2 is 1.90 bits per heavy atom. The number of halogens is 1. The lowest BCUT2D eigenvalue weighted by atomic mass is 9.87. The molecule has 0 aromatic heterocycles. The monoisotopic (exact) mass is 440 g/mol. The van der Waals surface area contributed by atoms with Crippen LogP contribution in [-0.2, 0) is 16.8 Å². The molecule has 1 amide bonds. The molecule has 0 radical (unpaired) electrons. The van der Waals surface area contributed by atoms with Gasteiger partial charge in [-0.15, -0.1) is 6.58 Å². The molecule has 166 valence electrons. The summed E-state index contributed by atoms with van der Waals surface area (Å²) in [5.74, 6) is 0.0605. The van der Waals surface area contributed by atoms with Gasteiger partial charge in [-0.05, 0) is 34.5 Å². The van der Waals surface area contributed by atoms with Crippen LogP contribution in [0.25, 0.3) is 0 Å². The molecule has 6 heteroatoms. The van der Waals surface area contributed by atoms with Crippen molar-refractivity contribution in [2.45, 2.75) is 46.6 Å². The van der Waals surface area contributed by atoms with Crippen LogP contribution in [0.5, 0.6) is 0 Å². The number of allylic oxidation sites excluding steroid dienone is 3. The average Bonchev–Trinajstić information content (AvgIpc) is 2.70. The topological polar surface area (TPSA) is 71.0 Å². The van der Waals surface area contributed by atoms with Gasteiger partial charge in [0.15, 0.2) is 5.84 Å². The van der Waals surface area contributed by atoms with Gasteiger partial charge in [0.2, 0.25) is 0 Å². The second kappa shape index (κ2) is 10.6. The van der Waals surface area contributed by atoms with Gasteiger partial charge < -0.3 is 10.6 Å². The van der Waals surface area contributed by atoms with E-state index in [0.717, 1.165) is 10.6 Å². The molecule has 0 saturated carbocycles. The Hall–Kier alpha value is -2.66. The highest BCUT2D eigenvalue weighted by molar-refractivity contribution is 6.38. The minimum atomic E-state index is -0.362. The maximum absolute atomic E-state index is 12.8. The van der Waals surface area contributed by atoms with E-state index in [1.54, 1.807) is 11.0 Å². The van der Waals surface area contributed by atoms with Crippen LogP contribution >= 0.6 is 11.6 Å². The second-order valence-corrected chi connectivity index (χ2v) is 9.39. The molecule has 0 saturated heterocycles. The van der Waals surface area contributed by atoms with E-state index in [9.17, 15) is 4.79 Å². The zero-order chi connectivity index (χ0) is 23.2. The van der Waals surface area contributed by atoms with E-state index in [2.05, 4.69) is 63.3 Å². The normalized spacial score (nSPS) is 19.7. The maximum atomic E-state index is 12.8. The van der Waals surface area contributed by atoms with E-state index in [0.29, 0.717) is 18.8 Å². The highest BCUT2D eigenvalue weighted by Gasteiger charge is 2.19. The summed E-state index contributed by atoms with van der Waals surface area (Å²) in [6, 6.07) is 8.25. The number of hydrogen-bond donors (Lipinski definition) is 1. The number of hydrogen-bond acceptors (Lipinski definition) is 2. The van der Waals surface area contributed by atoms with Crippen molar-refractivity contribution in [2.24, 2.45) is 27.6 Å². The number of carbonyl (C=O) groups excluding carboxylic acids is 1. The molecule has 0 fully saturated rings. The molecule has 0 heterocycles. The molecular formula is C25H33ClN4O. The first-order valence-electron chi connectivity index (χ1n) is 10.5. The third-order valence-electron chi connectivity index (χ3n) is 5.40. The molecule has 0 spiro atoms. The van der Waals surface area contributed by atoms with Crippen molar-refractivity contribution in [1.82, 2.24) is 4.90 Å². The van der Waals surface area contributed by atoms with Crippen LogP contribution in [-0.4, -0.2) is 29.5 Å². The fourth-order valence-corrected chi connectivity index (χ4v) is 3.46. The quantitative estimate of drug-likeness (QED) is 0.376. The largest absolute Gasteiger partial charge is 0.379 e. The van der Waals surface area contributed by atoms with Gasteiger partial charge in [-0.2, -0.15) is 0 Å². The van der Waals surface area contributed by atoms with Gasteiger partial charge in [-0.1, -0.05) is 82.6 Å². The number of nitrogens with zero attached hydrogens (tertiary/aromatic N) is 3. The summed E-state index contributed by atoms with van der Waals surface area (Å²) in [7, 11) is 0. The van der Waals surface area contributed by atoms with Crippen LogP contribution in [0.2, 0.25) is 0 Å². The summed E-state index contributed by atoms with van der Waals surface area (Å²) in [6.07, 6.45) is 6.80. The van der Waals surface area contributed by atoms with Crippen LogP contribution in [0.3, 0.4) is 0 Å². The van der Waals surface area contributed by atoms with E-state index in [1.807, 2.05) is 24.3 Å². The van der Waals surface area contributed by atoms with Crippen LogP contribution < -0.4 is 5.73 Å². The molecular weight excluding hydrogens is 408 g/mol. The minimum Gasteiger partial charge on any atom is -0.379 e. The third-order valence-corrected chi connectivity index (χ3v) is 5.85. The smallest absolute Gasteiger partial charge is 0.289 e. The zero-order valence-corrected chi connectivity index (χ0v) is 19.9. The van der Waals surface area contributed by atoms with E-state index in [1.165, 1.54) is 11.9 Å². The van der Waals surface area contributed by atoms with Gasteiger partial charge in [0, 0.05) is 18.1 Å². The molecule has 2 atom stereocenters. The molecule has 0 bridgehead atoms. The van der Waals surface area contributed by atoms with Gasteiger partial charge in [-0.25, -0.2) is 9.98 Å². The highest BCUT2D eigenvalue weighted by Crippen LogP contribution is 2.31. The molecule has 31 heavy (non-hydrogen) atoms. The lowest BCUT2D eigenvalue weighted by Gasteiger charge is -2.22. The van der Waals surface area contributed by atoms with Crippen molar-refractivity contribution in [3.63, 3.8) is 0 Å². The third kappa shape index (κ3) is 6.93. The first kappa shape index (κ1) is 24.6. The second-order valence-electron chi connectivity index (χ2n) is 8.95. The maximum Gasteiger partial charge on any atom is 0.289 e. The fraction of sp³-hybridized carbons (Fsp3) is 0.400. The summed E-state index contributed by atoms with van der Waals surface area (Å²) in [5.41, 5.74) is 8.99. The first-order valence-corrected chi connectivity index (χ1v) is 10.8. The Kier molecular flexibility index (Phi) is 8.40. The van der Waals surface area contributed by atoms with Gasteiger partial charge in [0.25, 0.3) is 5.91 Å². The van der Waals surface area contributed by atoms with Gasteiger partial charge >= 0.3 is 0 Å². The summed E-state index contributed by atoms with van der Waals surface area (Å²) in [6.45, 7) is 15.2. The molecule has 0 aliphatic heterocycles. The molecule has 5 nitrogen and oxygen atoms in total. The molecule has 1 aromatic carbocycles. The van der Waals surface area contributed by atoms with Crippen molar-refractivity contribution in [1.29, 1.82) is 0 Å². The van der Waals surface area contributed by atoms with Gasteiger partial charge in [0.1, 0.15) is 6.34 Å². The Bertz CT molecular complexity index is 920. The average molecular weight is 441 g/mol. The highest BCUT2D eigenvalue weighted by atomic mass is 35.5. The molecule has 1 aliphatic rings. The summed E-state index contributed by atoms with van der Waals surface area (Å²) in [5, 5.41) is 0.754. The summed E-state index contributed by atoms with van der Waals surface area (Å²) in [4.78, 5) is 22.7. The predicted molar refractivity (Wildman–Crippen MR) is 131 cm³/mol. The Balaban J connectivity index is 2.10. The predicted octanol–water partition coefficient (Wildman–Crippen LogP) is 5.18. The van der Waals surface area contributed by atoms with Crippen molar-refractivity contribution in [3.8, 4) is 0 Å². The van der Waals surface area contributed by atoms with Crippen LogP contribution in [0.4, 0.5) is 0 Å². The molecule has 2 N–H and O–H groups in total. The van der Waals surface area contributed by atoms with Crippen molar-refractivity contribution in [2.75, 3.05) is 6.54 Å². The number of nitrogens with two attached hydrogens (primary N) is 1. The Labute approximate surface area is 191 Å². The molecule has 1 aromatic rings. The van der Waals surface area contributed by atoms with Crippen molar-refractivity contribution >= 4 is 29.7 Å². The summed E-state index contributed by atoms with van der Waals surface area (Å²) < 4.78 is 0. The van der Waals surface area contributed by atoms with Crippen LogP contribution in [0, 0.1) is 11.8 Å². The molecule has 2 rings (SSSR count). The van der Waals surface area contributed by atoms with E-state index >= 15 is 0 Å². The number of amidine groups is 1. The minimum absolute atomic E-state index is 0.0780. The number of benzene rings is 1.